The van der Waals surface area contributed by atoms with Crippen molar-refractivity contribution < 1.29 is 9.13 Å². The number of hydrogen-bond donors (Lipinski definition) is 0. The lowest BCUT2D eigenvalue weighted by Gasteiger charge is -2.26. The molecule has 0 aromatic heterocycles. The summed E-state index contributed by atoms with van der Waals surface area (Å²) >= 11 is 0. The molecule has 0 saturated carbocycles. The zero-order valence-electron chi connectivity index (χ0n) is 33.8. The molecule has 0 amide bonds. The van der Waals surface area contributed by atoms with Crippen LogP contribution in [-0.2, 0) is 9.13 Å². The summed E-state index contributed by atoms with van der Waals surface area (Å²) in [5.41, 5.74) is 10.9. The van der Waals surface area contributed by atoms with Crippen LogP contribution in [0.5, 0.6) is 0 Å². The van der Waals surface area contributed by atoms with Gasteiger partial charge in [-0.05, 0) is 90.7 Å². The second-order valence-corrected chi connectivity index (χ2v) is 21.4. The van der Waals surface area contributed by atoms with Gasteiger partial charge < -0.3 is 9.13 Å². The molecule has 0 aliphatic heterocycles. The Morgan fingerprint density at radius 3 is 1.05 bits per heavy atom. The molecule has 10 aromatic carbocycles. The lowest BCUT2D eigenvalue weighted by molar-refractivity contribution is 0.592. The predicted molar refractivity (Wildman–Crippen MR) is 263 cm³/mol. The fourth-order valence-electron chi connectivity index (χ4n) is 9.53. The van der Waals surface area contributed by atoms with Crippen molar-refractivity contribution in [2.45, 2.75) is 0 Å². The van der Waals surface area contributed by atoms with Gasteiger partial charge in [0, 0.05) is 31.8 Å². The molecule has 10 aromatic rings. The topological polar surface area (TPSA) is 34.1 Å². The van der Waals surface area contributed by atoms with Gasteiger partial charge in [-0.1, -0.05) is 218 Å². The highest BCUT2D eigenvalue weighted by Crippen LogP contribution is 2.57. The molecular weight excluding hydrogens is 791 g/mol. The Bertz CT molecular complexity index is 3160. The lowest BCUT2D eigenvalue weighted by Crippen LogP contribution is -2.30. The molecule has 0 bridgehead atoms. The summed E-state index contributed by atoms with van der Waals surface area (Å²) in [6.07, 6.45) is 0. The van der Waals surface area contributed by atoms with Crippen molar-refractivity contribution in [1.29, 1.82) is 0 Å². The van der Waals surface area contributed by atoms with Crippen molar-refractivity contribution in [3.8, 4) is 55.6 Å². The molecule has 0 N–H and O–H groups in total. The van der Waals surface area contributed by atoms with Gasteiger partial charge in [0.1, 0.15) is 0 Å². The molecule has 2 nitrogen and oxygen atoms in total. The Kier molecular flexibility index (Phi) is 9.43. The van der Waals surface area contributed by atoms with Crippen LogP contribution < -0.4 is 31.8 Å². The van der Waals surface area contributed by atoms with E-state index in [1.54, 1.807) is 0 Å². The van der Waals surface area contributed by atoms with E-state index in [1.165, 1.54) is 27.5 Å². The van der Waals surface area contributed by atoms with E-state index < -0.39 is 14.3 Å². The quantitative estimate of drug-likeness (QED) is 0.136. The minimum Gasteiger partial charge on any atom is -0.309 e. The molecule has 1 aliphatic carbocycles. The lowest BCUT2D eigenvalue weighted by atomic mass is 9.82. The molecule has 1 aliphatic rings. The van der Waals surface area contributed by atoms with E-state index in [4.69, 9.17) is 0 Å². The van der Waals surface area contributed by atoms with Crippen molar-refractivity contribution in [2.75, 3.05) is 0 Å². The fraction of sp³-hybridized carbons (Fsp3) is 0. The molecule has 0 saturated heterocycles. The largest absolute Gasteiger partial charge is 0.309 e. The first kappa shape index (κ1) is 37.9. The van der Waals surface area contributed by atoms with Gasteiger partial charge in [-0.25, -0.2) is 0 Å². The third kappa shape index (κ3) is 6.10. The highest BCUT2D eigenvalue weighted by molar-refractivity contribution is 7.86. The zero-order chi connectivity index (χ0) is 41.7. The van der Waals surface area contributed by atoms with Crippen LogP contribution in [0.4, 0.5) is 0 Å². The van der Waals surface area contributed by atoms with Crippen LogP contribution in [0, 0.1) is 0 Å². The first-order valence-corrected chi connectivity index (χ1v) is 24.4. The highest BCUT2D eigenvalue weighted by Gasteiger charge is 2.37. The summed E-state index contributed by atoms with van der Waals surface area (Å²) in [7, 11) is -7.16. The van der Waals surface area contributed by atoms with Crippen molar-refractivity contribution in [2.24, 2.45) is 0 Å². The van der Waals surface area contributed by atoms with Crippen LogP contribution in [0.15, 0.2) is 243 Å². The molecule has 0 spiro atoms. The van der Waals surface area contributed by atoms with E-state index in [0.29, 0.717) is 31.8 Å². The van der Waals surface area contributed by atoms with Gasteiger partial charge in [-0.3, -0.25) is 0 Å². The Morgan fingerprint density at radius 2 is 0.613 bits per heavy atom. The zero-order valence-corrected chi connectivity index (χ0v) is 35.6. The Morgan fingerprint density at radius 1 is 0.242 bits per heavy atom. The molecular formula is C58H40O2P2. The summed E-state index contributed by atoms with van der Waals surface area (Å²) in [5.74, 6) is 0. The van der Waals surface area contributed by atoms with Gasteiger partial charge in [-0.15, -0.1) is 0 Å². The Labute approximate surface area is 362 Å². The van der Waals surface area contributed by atoms with Crippen molar-refractivity contribution in [1.82, 2.24) is 0 Å². The van der Waals surface area contributed by atoms with Gasteiger partial charge in [0.05, 0.1) is 0 Å². The first-order valence-electron chi connectivity index (χ1n) is 21.0. The molecule has 11 rings (SSSR count). The molecule has 0 atom stereocenters. The van der Waals surface area contributed by atoms with Crippen LogP contribution in [-0.4, -0.2) is 0 Å². The molecule has 0 unspecified atom stereocenters. The maximum atomic E-state index is 16.6. The number of benzene rings is 10. The summed E-state index contributed by atoms with van der Waals surface area (Å²) in [6, 6.07) is 82.2. The van der Waals surface area contributed by atoms with E-state index in [2.05, 4.69) is 115 Å². The van der Waals surface area contributed by atoms with Crippen LogP contribution >= 0.6 is 14.3 Å². The number of fused-ring (bicyclic) bond motifs is 3. The number of hydrogen-bond acceptors (Lipinski definition) is 2. The maximum absolute atomic E-state index is 16.6. The van der Waals surface area contributed by atoms with Gasteiger partial charge in [0.25, 0.3) is 0 Å². The summed E-state index contributed by atoms with van der Waals surface area (Å²) in [5, 5.41) is 6.54. The standard InChI is InChI=1S/C58H40O2P2/c59-61(45-27-11-3-12-28-45,46-29-13-4-14-30-46)49-37-44(38-50(39-49)62(60,47-31-15-5-16-32-47)48-33-17-6-18-34-48)54-40-53(41-21-7-1-8-22-41)57-51-35-19-25-42-26-20-36-52(55(42)51)58(57)56(54)43-23-9-2-10-24-43/h1-40H. The van der Waals surface area contributed by atoms with E-state index in [-0.39, 0.29) is 0 Å². The van der Waals surface area contributed by atoms with Gasteiger partial charge in [0.15, 0.2) is 14.3 Å². The van der Waals surface area contributed by atoms with E-state index in [0.717, 1.165) is 38.9 Å². The summed E-state index contributed by atoms with van der Waals surface area (Å²) in [6.45, 7) is 0. The summed E-state index contributed by atoms with van der Waals surface area (Å²) in [4.78, 5) is 0. The normalized spacial score (nSPS) is 12.0. The first-order chi connectivity index (χ1) is 30.5. The van der Waals surface area contributed by atoms with Gasteiger partial charge >= 0.3 is 0 Å². The Hall–Kier alpha value is -7.08. The van der Waals surface area contributed by atoms with Crippen molar-refractivity contribution >= 4 is 56.9 Å². The van der Waals surface area contributed by atoms with Gasteiger partial charge in [-0.2, -0.15) is 0 Å². The smallest absolute Gasteiger partial charge is 0.171 e. The van der Waals surface area contributed by atoms with Crippen LogP contribution in [0.2, 0.25) is 0 Å². The third-order valence-electron chi connectivity index (χ3n) is 12.3. The average Bonchev–Trinajstić information content (AvgIpc) is 3.69. The monoisotopic (exact) mass is 830 g/mol. The van der Waals surface area contributed by atoms with Crippen LogP contribution in [0.1, 0.15) is 0 Å². The molecule has 62 heavy (non-hydrogen) atoms. The minimum atomic E-state index is -3.58. The van der Waals surface area contributed by atoms with E-state index >= 15 is 9.13 Å². The third-order valence-corrected chi connectivity index (χ3v) is 18.4. The average molecular weight is 831 g/mol. The van der Waals surface area contributed by atoms with Crippen LogP contribution in [0.3, 0.4) is 0 Å². The predicted octanol–water partition coefficient (Wildman–Crippen LogP) is 12.8. The SMILES string of the molecule is O=P(c1ccccc1)(c1ccccc1)c1cc(-c2cc(-c3ccccc3)c3c(c2-c2ccccc2)-c2cccc4cccc-3c24)cc(P(=O)(c2ccccc2)c2ccccc2)c1. The minimum absolute atomic E-state index is 0.626. The molecule has 0 heterocycles. The van der Waals surface area contributed by atoms with Gasteiger partial charge in [0.2, 0.25) is 0 Å². The highest BCUT2D eigenvalue weighted by atomic mass is 31.2. The number of rotatable bonds is 9. The molecule has 294 valence electrons. The molecule has 4 heteroatoms. The van der Waals surface area contributed by atoms with Crippen molar-refractivity contribution in [3.05, 3.63) is 243 Å². The van der Waals surface area contributed by atoms with E-state index in [1.807, 2.05) is 127 Å². The second-order valence-electron chi connectivity index (χ2n) is 15.8. The van der Waals surface area contributed by atoms with Crippen LogP contribution in [0.25, 0.3) is 66.4 Å². The molecule has 0 fully saturated rings. The fourth-order valence-corrected chi connectivity index (χ4v) is 15.1. The maximum Gasteiger partial charge on any atom is 0.171 e. The molecule has 0 radical (unpaired) electrons. The Balaban J connectivity index is 1.32. The second kappa shape index (κ2) is 15.4. The summed E-state index contributed by atoms with van der Waals surface area (Å²) < 4.78 is 33.1. The van der Waals surface area contributed by atoms with Crippen molar-refractivity contribution in [3.63, 3.8) is 0 Å². The van der Waals surface area contributed by atoms with E-state index in [9.17, 15) is 0 Å².